The Kier molecular flexibility index (Phi) is 9.45. The molecule has 0 aromatic carbocycles. The fraction of sp³-hybridized carbons (Fsp3) is 0.750. The predicted octanol–water partition coefficient (Wildman–Crippen LogP) is 2.42. The standard InChI is InChI=1S/C5H11O.C3H5.Al/c1-2-3-4-5-6;1-3-2;/h2-5H2,1H3;3H,1-2H2;/q-1;;+1. The number of unbranched alkanes of at least 4 members (excludes halogenated alkanes) is 2. The molecule has 2 heteroatoms. The van der Waals surface area contributed by atoms with Crippen molar-refractivity contribution in [1.82, 2.24) is 0 Å². The SMILES string of the molecule is C=C[CH2][Al][O]CCCCC. The number of allylic oxidation sites excluding steroid dienone is 1. The van der Waals surface area contributed by atoms with Gasteiger partial charge in [0.1, 0.15) is 0 Å². The second-order valence-electron chi connectivity index (χ2n) is 2.27. The highest BCUT2D eigenvalue weighted by molar-refractivity contribution is 6.27. The third-order valence-electron chi connectivity index (χ3n) is 1.25. The molecule has 0 aliphatic carbocycles. The summed E-state index contributed by atoms with van der Waals surface area (Å²) in [5, 5.41) is 1.06. The monoisotopic (exact) mass is 155 g/mol. The molecular formula is C8H16AlO. The van der Waals surface area contributed by atoms with Gasteiger partial charge in [-0.3, -0.25) is 0 Å². The molecule has 0 spiro atoms. The van der Waals surface area contributed by atoms with E-state index in [1.807, 2.05) is 6.08 Å². The Morgan fingerprint density at radius 1 is 1.50 bits per heavy atom. The third-order valence-corrected chi connectivity index (χ3v) is 2.24. The van der Waals surface area contributed by atoms with Crippen LogP contribution in [0.2, 0.25) is 5.28 Å². The van der Waals surface area contributed by atoms with E-state index in [1.165, 1.54) is 19.3 Å². The summed E-state index contributed by atoms with van der Waals surface area (Å²) in [6.07, 6.45) is 5.73. The Bertz CT molecular complexity index is 73.7. The Morgan fingerprint density at radius 3 is 2.90 bits per heavy atom. The molecule has 1 radical (unpaired) electrons. The first-order valence-electron chi connectivity index (χ1n) is 3.96. The molecule has 1 nitrogen and oxygen atoms in total. The molecule has 0 N–H and O–H groups in total. The molecule has 57 valence electrons. The summed E-state index contributed by atoms with van der Waals surface area (Å²) in [5.41, 5.74) is 0. The highest BCUT2D eigenvalue weighted by atomic mass is 27.1. The summed E-state index contributed by atoms with van der Waals surface area (Å²) in [6, 6.07) is 0. The fourth-order valence-corrected chi connectivity index (χ4v) is 1.26. The molecule has 0 heterocycles. The molecular weight excluding hydrogens is 139 g/mol. The zero-order chi connectivity index (χ0) is 7.66. The Hall–Kier alpha value is 0.232. The average Bonchev–Trinajstić information content (AvgIpc) is 1.97. The van der Waals surface area contributed by atoms with Crippen LogP contribution in [0.25, 0.3) is 0 Å². The van der Waals surface area contributed by atoms with Gasteiger partial charge in [0.15, 0.2) is 0 Å². The van der Waals surface area contributed by atoms with Crippen LogP contribution in [0.5, 0.6) is 0 Å². The van der Waals surface area contributed by atoms with Crippen LogP contribution >= 0.6 is 0 Å². The molecule has 0 aromatic heterocycles. The second kappa shape index (κ2) is 9.23. The van der Waals surface area contributed by atoms with E-state index < -0.39 is 0 Å². The van der Waals surface area contributed by atoms with E-state index >= 15 is 0 Å². The number of hydrogen-bond donors (Lipinski definition) is 0. The van der Waals surface area contributed by atoms with Crippen molar-refractivity contribution in [1.29, 1.82) is 0 Å². The first kappa shape index (κ1) is 10.2. The molecule has 10 heavy (non-hydrogen) atoms. The van der Waals surface area contributed by atoms with E-state index in [-0.39, 0.29) is 15.6 Å². The lowest BCUT2D eigenvalue weighted by Crippen LogP contribution is -1.98. The van der Waals surface area contributed by atoms with E-state index in [1.54, 1.807) is 0 Å². The first-order chi connectivity index (χ1) is 4.91. The molecule has 0 aliphatic heterocycles. The minimum absolute atomic E-state index is 0.195. The van der Waals surface area contributed by atoms with Crippen molar-refractivity contribution in [2.24, 2.45) is 0 Å². The van der Waals surface area contributed by atoms with Gasteiger partial charge in [-0.25, -0.2) is 0 Å². The van der Waals surface area contributed by atoms with Gasteiger partial charge in [0.05, 0.1) is 0 Å². The van der Waals surface area contributed by atoms with Gasteiger partial charge < -0.3 is 3.79 Å². The normalized spacial score (nSPS) is 9.30. The maximum Gasteiger partial charge on any atom is 0.427 e. The maximum absolute atomic E-state index is 5.39. The second-order valence-corrected chi connectivity index (χ2v) is 3.41. The Balaban J connectivity index is 2.70. The Morgan fingerprint density at radius 2 is 2.30 bits per heavy atom. The molecule has 0 aliphatic rings. The van der Waals surface area contributed by atoms with E-state index in [2.05, 4.69) is 13.5 Å². The van der Waals surface area contributed by atoms with Gasteiger partial charge in [-0.2, -0.15) is 0 Å². The van der Waals surface area contributed by atoms with Gasteiger partial charge >= 0.3 is 15.6 Å². The molecule has 0 saturated carbocycles. The topological polar surface area (TPSA) is 9.23 Å². The maximum atomic E-state index is 5.39. The molecule has 0 saturated heterocycles. The zero-order valence-corrected chi connectivity index (χ0v) is 7.96. The van der Waals surface area contributed by atoms with Crippen molar-refractivity contribution in [3.05, 3.63) is 12.7 Å². The van der Waals surface area contributed by atoms with Crippen molar-refractivity contribution >= 4 is 15.6 Å². The summed E-state index contributed by atoms with van der Waals surface area (Å²) in [5.74, 6) is 0. The molecule has 0 bridgehead atoms. The van der Waals surface area contributed by atoms with E-state index in [9.17, 15) is 0 Å². The van der Waals surface area contributed by atoms with Gasteiger partial charge in [0, 0.05) is 6.61 Å². The zero-order valence-electron chi connectivity index (χ0n) is 6.81. The lowest BCUT2D eigenvalue weighted by atomic mass is 10.3. The minimum atomic E-state index is 0.195. The van der Waals surface area contributed by atoms with Gasteiger partial charge in [0.2, 0.25) is 0 Å². The van der Waals surface area contributed by atoms with Crippen molar-refractivity contribution < 1.29 is 3.79 Å². The van der Waals surface area contributed by atoms with Crippen LogP contribution in [0.1, 0.15) is 26.2 Å². The number of rotatable bonds is 7. The van der Waals surface area contributed by atoms with E-state index in [0.717, 1.165) is 11.9 Å². The van der Waals surface area contributed by atoms with Gasteiger partial charge in [-0.15, -0.1) is 12.7 Å². The van der Waals surface area contributed by atoms with E-state index in [4.69, 9.17) is 3.79 Å². The largest absolute Gasteiger partial charge is 0.507 e. The van der Waals surface area contributed by atoms with Crippen molar-refractivity contribution in [3.63, 3.8) is 0 Å². The quantitative estimate of drug-likeness (QED) is 0.311. The van der Waals surface area contributed by atoms with Crippen LogP contribution in [-0.2, 0) is 3.79 Å². The van der Waals surface area contributed by atoms with Crippen LogP contribution in [-0.4, -0.2) is 22.2 Å². The molecule has 0 unspecified atom stereocenters. The van der Waals surface area contributed by atoms with E-state index in [0.29, 0.717) is 0 Å². The minimum Gasteiger partial charge on any atom is -0.507 e. The lowest BCUT2D eigenvalue weighted by Gasteiger charge is -1.99. The number of hydrogen-bond acceptors (Lipinski definition) is 1. The predicted molar refractivity (Wildman–Crippen MR) is 46.2 cm³/mol. The summed E-state index contributed by atoms with van der Waals surface area (Å²) in [6.45, 7) is 6.80. The van der Waals surface area contributed by atoms with Gasteiger partial charge in [0.25, 0.3) is 0 Å². The summed E-state index contributed by atoms with van der Waals surface area (Å²) >= 11 is 0.195. The fourth-order valence-electron chi connectivity index (χ4n) is 0.655. The average molecular weight is 155 g/mol. The van der Waals surface area contributed by atoms with Crippen LogP contribution in [0.3, 0.4) is 0 Å². The van der Waals surface area contributed by atoms with Crippen molar-refractivity contribution in [2.45, 2.75) is 31.5 Å². The van der Waals surface area contributed by atoms with Crippen LogP contribution in [0.4, 0.5) is 0 Å². The smallest absolute Gasteiger partial charge is 0.427 e. The molecule has 0 atom stereocenters. The first-order valence-corrected chi connectivity index (χ1v) is 5.24. The van der Waals surface area contributed by atoms with Crippen molar-refractivity contribution in [3.8, 4) is 0 Å². The summed E-state index contributed by atoms with van der Waals surface area (Å²) < 4.78 is 5.39. The van der Waals surface area contributed by atoms with Gasteiger partial charge in [-0.1, -0.05) is 25.0 Å². The van der Waals surface area contributed by atoms with Crippen LogP contribution in [0.15, 0.2) is 12.7 Å². The van der Waals surface area contributed by atoms with Gasteiger partial charge in [-0.05, 0) is 6.42 Å². The van der Waals surface area contributed by atoms with Crippen LogP contribution in [0, 0.1) is 0 Å². The Labute approximate surface area is 70.5 Å². The third kappa shape index (κ3) is 8.23. The summed E-state index contributed by atoms with van der Waals surface area (Å²) in [4.78, 5) is 0. The molecule has 0 rings (SSSR count). The summed E-state index contributed by atoms with van der Waals surface area (Å²) in [7, 11) is 0. The molecule has 0 aromatic rings. The molecule has 0 fully saturated rings. The van der Waals surface area contributed by atoms with Crippen LogP contribution < -0.4 is 0 Å². The molecule has 0 amide bonds. The van der Waals surface area contributed by atoms with Crippen molar-refractivity contribution in [2.75, 3.05) is 6.61 Å². The highest BCUT2D eigenvalue weighted by Gasteiger charge is 1.89. The highest BCUT2D eigenvalue weighted by Crippen LogP contribution is 1.93. The lowest BCUT2D eigenvalue weighted by molar-refractivity contribution is 0.324.